The maximum atomic E-state index is 13.0. The van der Waals surface area contributed by atoms with E-state index in [-0.39, 0.29) is 18.2 Å². The van der Waals surface area contributed by atoms with E-state index >= 15 is 0 Å². The van der Waals surface area contributed by atoms with Gasteiger partial charge in [-0.2, -0.15) is 39.5 Å². The number of nitrogens with zero attached hydrogens (tertiary/aromatic N) is 1. The lowest BCUT2D eigenvalue weighted by atomic mass is 9.91. The molecule has 1 aromatic rings. The molecule has 0 aliphatic heterocycles. The Balaban J connectivity index is 3.78. The van der Waals surface area contributed by atoms with Crippen LogP contribution in [0.5, 0.6) is 0 Å². The highest BCUT2D eigenvalue weighted by Crippen LogP contribution is 2.40. The summed E-state index contributed by atoms with van der Waals surface area (Å²) in [6, 6.07) is 0.0809. The summed E-state index contributed by atoms with van der Waals surface area (Å²) in [6.45, 7) is 0.675. The number of carbonyl (C=O) groups is 1. The SMILES string of the molecule is CN(C)C(=S)C(C)(OC(=O)C(F)(F)F)c1cc(C(F)(F)F)cc(C(F)(F)F)c1. The van der Waals surface area contributed by atoms with Gasteiger partial charge < -0.3 is 9.64 Å². The van der Waals surface area contributed by atoms with E-state index in [2.05, 4.69) is 4.74 Å². The summed E-state index contributed by atoms with van der Waals surface area (Å²) >= 11 is 4.83. The Kier molecular flexibility index (Phi) is 6.35. The number of esters is 1. The molecule has 0 aliphatic carbocycles. The number of likely N-dealkylation sites (N-methyl/N-ethyl adjacent to an activating group) is 1. The summed E-state index contributed by atoms with van der Waals surface area (Å²) in [5.41, 5.74) is -7.36. The van der Waals surface area contributed by atoms with E-state index in [0.29, 0.717) is 6.92 Å². The molecular weight excluding hydrogens is 429 g/mol. The summed E-state index contributed by atoms with van der Waals surface area (Å²) in [5.74, 6) is -2.83. The van der Waals surface area contributed by atoms with Crippen LogP contribution in [-0.4, -0.2) is 36.1 Å². The standard InChI is InChI=1S/C15H12F9NO2S/c1-12(10(28)25(2)3,27-11(26)15(22,23)24)7-4-8(13(16,17)18)6-9(5-7)14(19,20)21/h4-6H,1-3H3. The van der Waals surface area contributed by atoms with Gasteiger partial charge in [-0.15, -0.1) is 0 Å². The van der Waals surface area contributed by atoms with Crippen LogP contribution in [0.25, 0.3) is 0 Å². The number of hydrogen-bond donors (Lipinski definition) is 0. The van der Waals surface area contributed by atoms with Crippen molar-refractivity contribution in [2.24, 2.45) is 0 Å². The number of thiocarbonyl (C=S) groups is 1. The normalized spacial score (nSPS) is 15.0. The Hall–Kier alpha value is -2.05. The quantitative estimate of drug-likeness (QED) is 0.378. The Morgan fingerprint density at radius 2 is 1.21 bits per heavy atom. The Morgan fingerprint density at radius 1 is 0.857 bits per heavy atom. The zero-order valence-corrected chi connectivity index (χ0v) is 15.1. The van der Waals surface area contributed by atoms with Crippen molar-refractivity contribution >= 4 is 23.2 Å². The average Bonchev–Trinajstić information content (AvgIpc) is 2.50. The molecule has 0 heterocycles. The van der Waals surface area contributed by atoms with Gasteiger partial charge in [0.05, 0.1) is 11.1 Å². The van der Waals surface area contributed by atoms with E-state index < -0.39 is 51.8 Å². The van der Waals surface area contributed by atoms with Crippen LogP contribution in [0.4, 0.5) is 39.5 Å². The number of halogens is 9. The zero-order valence-electron chi connectivity index (χ0n) is 14.3. The highest BCUT2D eigenvalue weighted by molar-refractivity contribution is 7.80. The minimum Gasteiger partial charge on any atom is -0.440 e. The van der Waals surface area contributed by atoms with Gasteiger partial charge in [-0.05, 0) is 25.1 Å². The maximum Gasteiger partial charge on any atom is 0.490 e. The fourth-order valence-corrected chi connectivity index (χ4v) is 2.29. The van der Waals surface area contributed by atoms with Crippen molar-refractivity contribution in [1.29, 1.82) is 0 Å². The van der Waals surface area contributed by atoms with Gasteiger partial charge in [-0.3, -0.25) is 0 Å². The predicted molar refractivity (Wildman–Crippen MR) is 82.2 cm³/mol. The lowest BCUT2D eigenvalue weighted by molar-refractivity contribution is -0.208. The fourth-order valence-electron chi connectivity index (χ4n) is 2.13. The van der Waals surface area contributed by atoms with Gasteiger partial charge >= 0.3 is 24.5 Å². The van der Waals surface area contributed by atoms with Gasteiger partial charge in [0.25, 0.3) is 0 Å². The molecule has 0 saturated carbocycles. The molecule has 0 aliphatic rings. The van der Waals surface area contributed by atoms with Crippen LogP contribution in [-0.2, 0) is 27.5 Å². The van der Waals surface area contributed by atoms with E-state index in [0.717, 1.165) is 4.90 Å². The predicted octanol–water partition coefficient (Wildman–Crippen LogP) is 4.93. The topological polar surface area (TPSA) is 29.5 Å². The zero-order chi connectivity index (χ0) is 22.3. The van der Waals surface area contributed by atoms with Gasteiger partial charge in [-0.1, -0.05) is 12.2 Å². The molecule has 13 heteroatoms. The van der Waals surface area contributed by atoms with Gasteiger partial charge in [0.2, 0.25) is 0 Å². The first-order valence-electron chi connectivity index (χ1n) is 7.12. The summed E-state index contributed by atoms with van der Waals surface area (Å²) in [6.07, 6.45) is -16.1. The average molecular weight is 441 g/mol. The molecule has 0 amide bonds. The molecule has 1 unspecified atom stereocenters. The van der Waals surface area contributed by atoms with Crippen molar-refractivity contribution in [3.05, 3.63) is 34.9 Å². The minimum atomic E-state index is -5.56. The molecule has 3 nitrogen and oxygen atoms in total. The third kappa shape index (κ3) is 5.26. The third-order valence-electron chi connectivity index (χ3n) is 3.48. The van der Waals surface area contributed by atoms with E-state index in [1.54, 1.807) is 0 Å². The molecule has 0 aromatic heterocycles. The van der Waals surface area contributed by atoms with E-state index in [4.69, 9.17) is 12.2 Å². The monoisotopic (exact) mass is 441 g/mol. The molecule has 158 valence electrons. The van der Waals surface area contributed by atoms with Gasteiger partial charge in [0.1, 0.15) is 4.99 Å². The Morgan fingerprint density at radius 3 is 1.50 bits per heavy atom. The summed E-state index contributed by atoms with van der Waals surface area (Å²) in [5, 5.41) is 0. The molecule has 0 saturated heterocycles. The first-order chi connectivity index (χ1) is 12.3. The molecule has 1 aromatic carbocycles. The van der Waals surface area contributed by atoms with Crippen LogP contribution < -0.4 is 0 Å². The summed E-state index contributed by atoms with van der Waals surface area (Å²) < 4.78 is 120. The number of benzene rings is 1. The van der Waals surface area contributed by atoms with Crippen LogP contribution in [0.1, 0.15) is 23.6 Å². The van der Waals surface area contributed by atoms with Crippen LogP contribution in [0, 0.1) is 0 Å². The van der Waals surface area contributed by atoms with Crippen LogP contribution in [0.15, 0.2) is 18.2 Å². The molecule has 1 atom stereocenters. The van der Waals surface area contributed by atoms with Crippen molar-refractivity contribution in [2.75, 3.05) is 14.1 Å². The fraction of sp³-hybridized carbons (Fsp3) is 0.467. The molecule has 28 heavy (non-hydrogen) atoms. The lowest BCUT2D eigenvalue weighted by Gasteiger charge is -2.35. The lowest BCUT2D eigenvalue weighted by Crippen LogP contribution is -2.46. The third-order valence-corrected chi connectivity index (χ3v) is 4.24. The maximum absolute atomic E-state index is 13.0. The van der Waals surface area contributed by atoms with Crippen LogP contribution >= 0.6 is 12.2 Å². The molecular formula is C15H12F9NO2S. The highest BCUT2D eigenvalue weighted by Gasteiger charge is 2.49. The van der Waals surface area contributed by atoms with Gasteiger partial charge in [0, 0.05) is 19.7 Å². The summed E-state index contributed by atoms with van der Waals surface area (Å²) in [7, 11) is 2.33. The number of hydrogen-bond acceptors (Lipinski definition) is 3. The minimum absolute atomic E-state index is 0.148. The molecule has 1 rings (SSSR count). The van der Waals surface area contributed by atoms with Gasteiger partial charge in [0.15, 0.2) is 5.60 Å². The second kappa shape index (κ2) is 7.41. The second-order valence-corrected chi connectivity index (χ2v) is 6.30. The van der Waals surface area contributed by atoms with Crippen molar-refractivity contribution < 1.29 is 49.0 Å². The number of carbonyl (C=O) groups excluding carboxylic acids is 1. The molecule has 0 fully saturated rings. The summed E-state index contributed by atoms with van der Waals surface area (Å²) in [4.78, 5) is 11.5. The molecule has 0 spiro atoms. The van der Waals surface area contributed by atoms with E-state index in [1.807, 2.05) is 0 Å². The first-order valence-corrected chi connectivity index (χ1v) is 7.53. The Labute approximate surface area is 158 Å². The van der Waals surface area contributed by atoms with Crippen molar-refractivity contribution in [3.8, 4) is 0 Å². The molecule has 0 radical (unpaired) electrons. The largest absolute Gasteiger partial charge is 0.490 e. The van der Waals surface area contributed by atoms with Crippen molar-refractivity contribution in [2.45, 2.75) is 31.1 Å². The first kappa shape index (κ1) is 24.0. The van der Waals surface area contributed by atoms with Crippen molar-refractivity contribution in [3.63, 3.8) is 0 Å². The van der Waals surface area contributed by atoms with Crippen molar-refractivity contribution in [1.82, 2.24) is 4.90 Å². The Bertz CT molecular complexity index is 736. The highest BCUT2D eigenvalue weighted by atomic mass is 32.1. The van der Waals surface area contributed by atoms with Crippen LogP contribution in [0.2, 0.25) is 0 Å². The molecule has 0 N–H and O–H groups in total. The number of rotatable bonds is 3. The second-order valence-electron chi connectivity index (χ2n) is 5.91. The van der Waals surface area contributed by atoms with Crippen LogP contribution in [0.3, 0.4) is 0 Å². The molecule has 0 bridgehead atoms. The van der Waals surface area contributed by atoms with E-state index in [9.17, 15) is 44.3 Å². The van der Waals surface area contributed by atoms with E-state index in [1.165, 1.54) is 14.1 Å². The number of ether oxygens (including phenoxy) is 1. The van der Waals surface area contributed by atoms with Gasteiger partial charge in [-0.25, -0.2) is 4.79 Å². The smallest absolute Gasteiger partial charge is 0.440 e. The number of alkyl halides is 9.